The van der Waals surface area contributed by atoms with E-state index in [1.807, 2.05) is 13.8 Å². The Hall–Kier alpha value is -3.03. The number of aryl methyl sites for hydroxylation is 1. The Morgan fingerprint density at radius 2 is 1.93 bits per heavy atom. The number of hydrogen-bond acceptors (Lipinski definition) is 5. The van der Waals surface area contributed by atoms with Gasteiger partial charge in [-0.3, -0.25) is 9.59 Å². The number of carboxylic acid groups (broad SMARTS) is 1. The molecule has 0 saturated heterocycles. The molecule has 27 heavy (non-hydrogen) atoms. The molecule has 2 atom stereocenters. The number of hydrogen-bond donors (Lipinski definition) is 2. The molecule has 144 valence electrons. The maximum atomic E-state index is 12.9. The number of carboxylic acids is 1. The number of fused-ring (bicyclic) bond motifs is 2. The van der Waals surface area contributed by atoms with Crippen LogP contribution >= 0.6 is 0 Å². The molecule has 1 aromatic heterocycles. The van der Waals surface area contributed by atoms with Crippen LogP contribution in [0.3, 0.4) is 0 Å². The van der Waals surface area contributed by atoms with E-state index in [1.165, 1.54) is 6.20 Å². The quantitative estimate of drug-likeness (QED) is 0.801. The van der Waals surface area contributed by atoms with Crippen molar-refractivity contribution in [1.29, 1.82) is 0 Å². The Kier molecular flexibility index (Phi) is 5.07. The zero-order valence-corrected chi connectivity index (χ0v) is 15.4. The number of rotatable bonds is 6. The monoisotopic (exact) mass is 374 g/mol. The molecule has 1 amide bonds. The highest BCUT2D eigenvalue weighted by molar-refractivity contribution is 5.99. The Morgan fingerprint density at radius 1 is 1.26 bits per heavy atom. The van der Waals surface area contributed by atoms with Crippen molar-refractivity contribution in [3.63, 3.8) is 0 Å². The number of carbonyl (C=O) groups is 2. The number of pyridine rings is 1. The van der Waals surface area contributed by atoms with E-state index in [1.54, 1.807) is 23.6 Å². The molecule has 0 bridgehead atoms. The Labute approximate surface area is 155 Å². The molecule has 2 N–H and O–H groups in total. The van der Waals surface area contributed by atoms with Crippen LogP contribution in [0.4, 0.5) is 0 Å². The van der Waals surface area contributed by atoms with Crippen LogP contribution in [0.25, 0.3) is 10.9 Å². The zero-order valence-electron chi connectivity index (χ0n) is 15.4. The summed E-state index contributed by atoms with van der Waals surface area (Å²) in [4.78, 5) is 37.1. The van der Waals surface area contributed by atoms with Crippen LogP contribution in [0.2, 0.25) is 0 Å². The van der Waals surface area contributed by atoms with Crippen molar-refractivity contribution in [2.45, 2.75) is 39.8 Å². The third-order valence-corrected chi connectivity index (χ3v) is 4.93. The van der Waals surface area contributed by atoms with Crippen LogP contribution in [-0.2, 0) is 11.3 Å². The molecule has 0 unspecified atom stereocenters. The summed E-state index contributed by atoms with van der Waals surface area (Å²) < 4.78 is 12.4. The molecular formula is C19H22N2O6. The van der Waals surface area contributed by atoms with E-state index in [9.17, 15) is 19.5 Å². The van der Waals surface area contributed by atoms with Crippen molar-refractivity contribution < 1.29 is 24.2 Å². The summed E-state index contributed by atoms with van der Waals surface area (Å²) >= 11 is 0. The van der Waals surface area contributed by atoms with Crippen molar-refractivity contribution in [1.82, 2.24) is 9.88 Å². The Bertz CT molecular complexity index is 965. The second-order valence-electron chi connectivity index (χ2n) is 6.56. The van der Waals surface area contributed by atoms with Crippen molar-refractivity contribution in [2.24, 2.45) is 5.92 Å². The molecule has 0 fully saturated rings. The third kappa shape index (κ3) is 3.34. The fourth-order valence-electron chi connectivity index (χ4n) is 3.11. The van der Waals surface area contributed by atoms with Gasteiger partial charge in [-0.25, -0.2) is 4.79 Å². The SMILES string of the molecule is CC[C@@H](C)[C@@H](NC(=O)c1cn(CC)c2cc3c(cc2c1=O)OCO3)C(=O)O. The lowest BCUT2D eigenvalue weighted by Gasteiger charge is -2.20. The number of benzene rings is 1. The first-order valence-corrected chi connectivity index (χ1v) is 8.87. The molecule has 1 aliphatic heterocycles. The molecule has 0 saturated carbocycles. The molecule has 1 aromatic carbocycles. The largest absolute Gasteiger partial charge is 0.480 e. The first-order valence-electron chi connectivity index (χ1n) is 8.87. The van der Waals surface area contributed by atoms with Gasteiger partial charge in [-0.05, 0) is 18.9 Å². The predicted molar refractivity (Wildman–Crippen MR) is 98.4 cm³/mol. The molecule has 2 heterocycles. The summed E-state index contributed by atoms with van der Waals surface area (Å²) in [5.74, 6) is -1.10. The van der Waals surface area contributed by atoms with E-state index in [0.29, 0.717) is 35.4 Å². The van der Waals surface area contributed by atoms with Gasteiger partial charge in [0, 0.05) is 18.8 Å². The van der Waals surface area contributed by atoms with Crippen molar-refractivity contribution in [2.75, 3.05) is 6.79 Å². The highest BCUT2D eigenvalue weighted by Gasteiger charge is 2.27. The third-order valence-electron chi connectivity index (χ3n) is 4.93. The summed E-state index contributed by atoms with van der Waals surface area (Å²) in [5.41, 5.74) is 0.0524. The molecule has 0 radical (unpaired) electrons. The van der Waals surface area contributed by atoms with Crippen LogP contribution in [-0.4, -0.2) is 34.4 Å². The molecule has 0 spiro atoms. The Morgan fingerprint density at radius 3 is 2.52 bits per heavy atom. The minimum absolute atomic E-state index is 0.0779. The average Bonchev–Trinajstić information content (AvgIpc) is 3.11. The second kappa shape index (κ2) is 7.30. The molecule has 8 heteroatoms. The summed E-state index contributed by atoms with van der Waals surface area (Å²) in [6, 6.07) is 2.21. The maximum Gasteiger partial charge on any atom is 0.326 e. The first kappa shape index (κ1) is 18.8. The topological polar surface area (TPSA) is 107 Å². The van der Waals surface area contributed by atoms with Crippen LogP contribution in [0.15, 0.2) is 23.1 Å². The van der Waals surface area contributed by atoms with E-state index >= 15 is 0 Å². The van der Waals surface area contributed by atoms with Gasteiger partial charge in [-0.15, -0.1) is 0 Å². The smallest absolute Gasteiger partial charge is 0.326 e. The highest BCUT2D eigenvalue weighted by atomic mass is 16.7. The summed E-state index contributed by atoms with van der Waals surface area (Å²) in [6.45, 7) is 6.06. The number of nitrogens with one attached hydrogen (secondary N) is 1. The van der Waals surface area contributed by atoms with Crippen LogP contribution in [0.5, 0.6) is 11.5 Å². The van der Waals surface area contributed by atoms with E-state index < -0.39 is 23.3 Å². The van der Waals surface area contributed by atoms with Gasteiger partial charge in [0.25, 0.3) is 5.91 Å². The highest BCUT2D eigenvalue weighted by Crippen LogP contribution is 2.35. The zero-order chi connectivity index (χ0) is 19.7. The van der Waals surface area contributed by atoms with Gasteiger partial charge in [-0.1, -0.05) is 20.3 Å². The standard InChI is InChI=1S/C19H22N2O6/c1-4-10(3)16(19(24)25)20-18(23)12-8-21(5-2)13-7-15-14(26-9-27-15)6-11(13)17(12)22/h6-8,10,16H,4-5,9H2,1-3H3,(H,20,23)(H,24,25)/t10-,16-/m1/s1. The molecule has 1 aliphatic rings. The molecule has 2 aromatic rings. The van der Waals surface area contributed by atoms with Gasteiger partial charge in [0.2, 0.25) is 12.2 Å². The molecular weight excluding hydrogens is 352 g/mol. The van der Waals surface area contributed by atoms with Crippen molar-refractivity contribution >= 4 is 22.8 Å². The fourth-order valence-corrected chi connectivity index (χ4v) is 3.11. The van der Waals surface area contributed by atoms with Crippen LogP contribution in [0.1, 0.15) is 37.6 Å². The summed E-state index contributed by atoms with van der Waals surface area (Å²) in [7, 11) is 0. The van der Waals surface area contributed by atoms with E-state index in [2.05, 4.69) is 5.32 Å². The summed E-state index contributed by atoms with van der Waals surface area (Å²) in [5, 5.41) is 12.2. The number of nitrogens with zero attached hydrogens (tertiary/aromatic N) is 1. The Balaban J connectivity index is 2.07. The molecule has 8 nitrogen and oxygen atoms in total. The minimum Gasteiger partial charge on any atom is -0.480 e. The van der Waals surface area contributed by atoms with Crippen molar-refractivity contribution in [3.8, 4) is 11.5 Å². The normalized spacial score (nSPS) is 14.8. The predicted octanol–water partition coefficient (Wildman–Crippen LogP) is 1.98. The van der Waals surface area contributed by atoms with Gasteiger partial charge in [0.1, 0.15) is 11.6 Å². The van der Waals surface area contributed by atoms with Gasteiger partial charge in [0.05, 0.1) is 10.9 Å². The average molecular weight is 374 g/mol. The van der Waals surface area contributed by atoms with Gasteiger partial charge in [0.15, 0.2) is 11.5 Å². The lowest BCUT2D eigenvalue weighted by Crippen LogP contribution is -2.46. The number of ether oxygens (including phenoxy) is 2. The lowest BCUT2D eigenvalue weighted by atomic mass is 9.99. The minimum atomic E-state index is -1.13. The van der Waals surface area contributed by atoms with Crippen LogP contribution in [0, 0.1) is 5.92 Å². The lowest BCUT2D eigenvalue weighted by molar-refractivity contribution is -0.140. The number of aliphatic carboxylic acids is 1. The van der Waals surface area contributed by atoms with E-state index in [-0.39, 0.29) is 18.3 Å². The van der Waals surface area contributed by atoms with Gasteiger partial charge < -0.3 is 24.5 Å². The van der Waals surface area contributed by atoms with Crippen molar-refractivity contribution in [3.05, 3.63) is 34.1 Å². The maximum absolute atomic E-state index is 12.9. The molecule has 3 rings (SSSR count). The molecule has 0 aliphatic carbocycles. The second-order valence-corrected chi connectivity index (χ2v) is 6.56. The van der Waals surface area contributed by atoms with Gasteiger partial charge >= 0.3 is 5.97 Å². The summed E-state index contributed by atoms with van der Waals surface area (Å²) in [6.07, 6.45) is 2.04. The number of aromatic nitrogens is 1. The first-order chi connectivity index (χ1) is 12.9. The van der Waals surface area contributed by atoms with Crippen LogP contribution < -0.4 is 20.2 Å². The van der Waals surface area contributed by atoms with Gasteiger partial charge in [-0.2, -0.15) is 0 Å². The number of carbonyl (C=O) groups excluding carboxylic acids is 1. The van der Waals surface area contributed by atoms with E-state index in [0.717, 1.165) is 0 Å². The van der Waals surface area contributed by atoms with E-state index in [4.69, 9.17) is 9.47 Å². The fraction of sp³-hybridized carbons (Fsp3) is 0.421. The number of amides is 1.